The highest BCUT2D eigenvalue weighted by Crippen LogP contribution is 2.22. The quantitative estimate of drug-likeness (QED) is 0.630. The van der Waals surface area contributed by atoms with Crippen LogP contribution in [0.3, 0.4) is 0 Å². The minimum atomic E-state index is -0.298. The average Bonchev–Trinajstić information content (AvgIpc) is 2.86. The Hall–Kier alpha value is -2.82. The minimum Gasteiger partial charge on any atom is -0.399 e. The molecule has 1 amide bonds. The van der Waals surface area contributed by atoms with Gasteiger partial charge in [0.2, 0.25) is 0 Å². The molecule has 4 nitrogen and oxygen atoms in total. The van der Waals surface area contributed by atoms with Gasteiger partial charge in [0.25, 0.3) is 5.91 Å². The van der Waals surface area contributed by atoms with Gasteiger partial charge in [0.05, 0.1) is 5.56 Å². The van der Waals surface area contributed by atoms with Crippen molar-refractivity contribution >= 4 is 28.2 Å². The number of rotatable bonds is 2. The predicted molar refractivity (Wildman–Crippen MR) is 81.8 cm³/mol. The normalized spacial score (nSPS) is 10.8. The highest BCUT2D eigenvalue weighted by atomic mass is 19.1. The number of anilines is 2. The van der Waals surface area contributed by atoms with Crippen molar-refractivity contribution in [3.05, 3.63) is 59.5 Å². The molecule has 0 aliphatic rings. The van der Waals surface area contributed by atoms with E-state index in [0.29, 0.717) is 22.5 Å². The van der Waals surface area contributed by atoms with Crippen molar-refractivity contribution in [3.63, 3.8) is 0 Å². The van der Waals surface area contributed by atoms with Gasteiger partial charge < -0.3 is 16.0 Å². The molecule has 3 aromatic rings. The largest absolute Gasteiger partial charge is 0.399 e. The van der Waals surface area contributed by atoms with Crippen LogP contribution < -0.4 is 11.1 Å². The maximum absolute atomic E-state index is 13.2. The van der Waals surface area contributed by atoms with Crippen LogP contribution in [0.2, 0.25) is 0 Å². The average molecular weight is 283 g/mol. The highest BCUT2D eigenvalue weighted by molar-refractivity contribution is 6.13. The molecule has 0 aliphatic heterocycles. The lowest BCUT2D eigenvalue weighted by atomic mass is 10.1. The molecular weight excluding hydrogens is 269 g/mol. The van der Waals surface area contributed by atoms with Crippen LogP contribution in [0.5, 0.6) is 0 Å². The number of H-pyrrole nitrogens is 1. The van der Waals surface area contributed by atoms with Gasteiger partial charge in [0.15, 0.2) is 0 Å². The van der Waals surface area contributed by atoms with Crippen LogP contribution in [0.25, 0.3) is 10.9 Å². The van der Waals surface area contributed by atoms with Gasteiger partial charge in [0.1, 0.15) is 5.82 Å². The first-order valence-corrected chi connectivity index (χ1v) is 6.49. The Balaban J connectivity index is 1.93. The Labute approximate surface area is 120 Å². The molecule has 2 aromatic carbocycles. The molecule has 0 atom stereocenters. The highest BCUT2D eigenvalue weighted by Gasteiger charge is 2.13. The first-order chi connectivity index (χ1) is 10.0. The number of nitrogens with two attached hydrogens (primary N) is 1. The fourth-order valence-corrected chi connectivity index (χ4v) is 2.25. The van der Waals surface area contributed by atoms with Gasteiger partial charge in [-0.05, 0) is 48.9 Å². The number of aromatic nitrogens is 1. The number of hydrogen-bond donors (Lipinski definition) is 3. The Morgan fingerprint density at radius 1 is 1.24 bits per heavy atom. The maximum atomic E-state index is 13.2. The summed E-state index contributed by atoms with van der Waals surface area (Å²) in [6.07, 6.45) is 1.63. The van der Waals surface area contributed by atoms with E-state index in [2.05, 4.69) is 10.3 Å². The molecule has 0 radical (unpaired) electrons. The summed E-state index contributed by atoms with van der Waals surface area (Å²) in [6.45, 7) is 1.65. The summed E-state index contributed by atoms with van der Waals surface area (Å²) in [5.74, 6) is -0.564. The van der Waals surface area contributed by atoms with Gasteiger partial charge >= 0.3 is 0 Å². The lowest BCUT2D eigenvalue weighted by Crippen LogP contribution is -2.11. The minimum absolute atomic E-state index is 0.266. The van der Waals surface area contributed by atoms with Crippen molar-refractivity contribution in [2.75, 3.05) is 11.1 Å². The van der Waals surface area contributed by atoms with Crippen molar-refractivity contribution in [1.82, 2.24) is 4.98 Å². The lowest BCUT2D eigenvalue weighted by molar-refractivity contribution is 0.102. The molecule has 1 heterocycles. The SMILES string of the molecule is Cc1cc(NC(=O)c2c[nH]c3ccc(N)cc23)ccc1F. The maximum Gasteiger partial charge on any atom is 0.257 e. The van der Waals surface area contributed by atoms with Crippen LogP contribution in [0.4, 0.5) is 15.8 Å². The fraction of sp³-hybridized carbons (Fsp3) is 0.0625. The summed E-state index contributed by atoms with van der Waals surface area (Å²) in [7, 11) is 0. The standard InChI is InChI=1S/C16H14FN3O/c1-9-6-11(3-4-14(9)17)20-16(21)13-8-19-15-5-2-10(18)7-12(13)15/h2-8,19H,18H2,1H3,(H,20,21). The number of nitrogen functional groups attached to an aromatic ring is 1. The zero-order chi connectivity index (χ0) is 15.0. The number of halogens is 1. The number of nitrogens with one attached hydrogen (secondary N) is 2. The summed E-state index contributed by atoms with van der Waals surface area (Å²) in [5.41, 5.74) is 8.72. The number of hydrogen-bond acceptors (Lipinski definition) is 2. The second-order valence-electron chi connectivity index (χ2n) is 4.93. The van der Waals surface area contributed by atoms with Gasteiger partial charge in [0, 0.05) is 28.5 Å². The molecule has 5 heteroatoms. The molecule has 4 N–H and O–H groups in total. The van der Waals surface area contributed by atoms with E-state index >= 15 is 0 Å². The number of fused-ring (bicyclic) bond motifs is 1. The molecule has 3 rings (SSSR count). The Morgan fingerprint density at radius 3 is 2.81 bits per heavy atom. The van der Waals surface area contributed by atoms with E-state index in [1.54, 1.807) is 31.3 Å². The van der Waals surface area contributed by atoms with E-state index in [-0.39, 0.29) is 11.7 Å². The van der Waals surface area contributed by atoms with E-state index in [9.17, 15) is 9.18 Å². The molecular formula is C16H14FN3O. The van der Waals surface area contributed by atoms with Crippen LogP contribution >= 0.6 is 0 Å². The number of carbonyl (C=O) groups excluding carboxylic acids is 1. The molecule has 0 bridgehead atoms. The number of benzene rings is 2. The third-order valence-electron chi connectivity index (χ3n) is 3.37. The molecule has 21 heavy (non-hydrogen) atoms. The molecule has 106 valence electrons. The van der Waals surface area contributed by atoms with E-state index in [1.165, 1.54) is 12.1 Å². The third kappa shape index (κ3) is 2.45. The van der Waals surface area contributed by atoms with Crippen molar-refractivity contribution < 1.29 is 9.18 Å². The number of aromatic amines is 1. The summed E-state index contributed by atoms with van der Waals surface area (Å²) in [5, 5.41) is 3.51. The third-order valence-corrected chi connectivity index (χ3v) is 3.37. The van der Waals surface area contributed by atoms with E-state index in [4.69, 9.17) is 5.73 Å². The molecule has 0 unspecified atom stereocenters. The van der Waals surface area contributed by atoms with Crippen molar-refractivity contribution in [3.8, 4) is 0 Å². The van der Waals surface area contributed by atoms with Gasteiger partial charge in [-0.2, -0.15) is 0 Å². The van der Waals surface area contributed by atoms with Gasteiger partial charge in [-0.15, -0.1) is 0 Å². The Kier molecular flexibility index (Phi) is 3.10. The van der Waals surface area contributed by atoms with Crippen LogP contribution in [0.15, 0.2) is 42.6 Å². The second-order valence-corrected chi connectivity index (χ2v) is 4.93. The molecule has 0 fully saturated rings. The second kappa shape index (κ2) is 4.94. The summed E-state index contributed by atoms with van der Waals surface area (Å²) >= 11 is 0. The van der Waals surface area contributed by atoms with Crippen LogP contribution in [0.1, 0.15) is 15.9 Å². The van der Waals surface area contributed by atoms with Crippen LogP contribution in [-0.2, 0) is 0 Å². The van der Waals surface area contributed by atoms with E-state index in [0.717, 1.165) is 10.9 Å². The molecule has 0 aliphatic carbocycles. The number of amides is 1. The summed E-state index contributed by atoms with van der Waals surface area (Å²) in [6, 6.07) is 9.79. The smallest absolute Gasteiger partial charge is 0.257 e. The predicted octanol–water partition coefficient (Wildman–Crippen LogP) is 3.45. The van der Waals surface area contributed by atoms with Gasteiger partial charge in [-0.3, -0.25) is 4.79 Å². The zero-order valence-corrected chi connectivity index (χ0v) is 11.4. The Morgan fingerprint density at radius 2 is 2.05 bits per heavy atom. The van der Waals surface area contributed by atoms with Crippen molar-refractivity contribution in [1.29, 1.82) is 0 Å². The zero-order valence-electron chi connectivity index (χ0n) is 11.4. The first-order valence-electron chi connectivity index (χ1n) is 6.49. The van der Waals surface area contributed by atoms with Gasteiger partial charge in [-0.1, -0.05) is 0 Å². The Bertz CT molecular complexity index is 839. The first kappa shape index (κ1) is 13.2. The van der Waals surface area contributed by atoms with E-state index in [1.807, 2.05) is 6.07 Å². The van der Waals surface area contributed by atoms with Crippen LogP contribution in [0, 0.1) is 12.7 Å². The molecule has 0 saturated heterocycles. The van der Waals surface area contributed by atoms with Crippen molar-refractivity contribution in [2.24, 2.45) is 0 Å². The van der Waals surface area contributed by atoms with Gasteiger partial charge in [-0.25, -0.2) is 4.39 Å². The topological polar surface area (TPSA) is 70.9 Å². The molecule has 0 spiro atoms. The van der Waals surface area contributed by atoms with Crippen molar-refractivity contribution in [2.45, 2.75) is 6.92 Å². The molecule has 0 saturated carbocycles. The molecule has 1 aromatic heterocycles. The monoisotopic (exact) mass is 283 g/mol. The lowest BCUT2D eigenvalue weighted by Gasteiger charge is -2.06. The summed E-state index contributed by atoms with van der Waals surface area (Å²) in [4.78, 5) is 15.4. The van der Waals surface area contributed by atoms with E-state index < -0.39 is 0 Å². The summed E-state index contributed by atoms with van der Waals surface area (Å²) < 4.78 is 13.2. The number of carbonyl (C=O) groups is 1. The number of aryl methyl sites for hydroxylation is 1. The van der Waals surface area contributed by atoms with Crippen LogP contribution in [-0.4, -0.2) is 10.9 Å². The fourth-order valence-electron chi connectivity index (χ4n) is 2.25.